The van der Waals surface area contributed by atoms with Crippen molar-refractivity contribution in [2.75, 3.05) is 6.61 Å². The lowest BCUT2D eigenvalue weighted by Gasteiger charge is -2.25. The number of nitrogens with one attached hydrogen (secondary N) is 1. The third-order valence-electron chi connectivity index (χ3n) is 2.44. The Morgan fingerprint density at radius 3 is 2.47 bits per heavy atom. The molecule has 0 spiro atoms. The van der Waals surface area contributed by atoms with Gasteiger partial charge in [-0.05, 0) is 32.4 Å². The van der Waals surface area contributed by atoms with E-state index < -0.39 is 26.4 Å². The zero-order chi connectivity index (χ0) is 14.8. The second-order valence-electron chi connectivity index (χ2n) is 4.64. The Balaban J connectivity index is 3.19. The molecule has 0 aliphatic rings. The van der Waals surface area contributed by atoms with Gasteiger partial charge in [0.05, 0.1) is 10.0 Å². The van der Waals surface area contributed by atoms with E-state index in [-0.39, 0.29) is 22.9 Å². The monoisotopic (exact) mass is 329 g/mol. The lowest BCUT2D eigenvalue weighted by molar-refractivity contribution is 0.245. The third kappa shape index (κ3) is 4.03. The predicted octanol–water partition coefficient (Wildman–Crippen LogP) is 2.57. The van der Waals surface area contributed by atoms with Crippen LogP contribution in [0.25, 0.3) is 0 Å². The van der Waals surface area contributed by atoms with Crippen LogP contribution in [0.1, 0.15) is 20.3 Å². The summed E-state index contributed by atoms with van der Waals surface area (Å²) >= 11 is 11.2. The molecule has 1 rings (SSSR count). The maximum atomic E-state index is 13.5. The molecule has 0 heterocycles. The van der Waals surface area contributed by atoms with Crippen molar-refractivity contribution in [3.8, 4) is 0 Å². The number of rotatable bonds is 5. The first-order valence-electron chi connectivity index (χ1n) is 5.39. The minimum absolute atomic E-state index is 0.182. The molecule has 0 bridgehead atoms. The standard InChI is InChI=1S/C11H14Cl2FNO3S/c1-11(2,5-6-16)15-19(17,18)8-4-3-7(12)10(14)9(8)13/h3-4,15-16H,5-6H2,1-2H3. The van der Waals surface area contributed by atoms with Gasteiger partial charge >= 0.3 is 0 Å². The van der Waals surface area contributed by atoms with Crippen LogP contribution in [0.15, 0.2) is 17.0 Å². The third-order valence-corrected chi connectivity index (χ3v) is 4.95. The largest absolute Gasteiger partial charge is 0.396 e. The van der Waals surface area contributed by atoms with Crippen molar-refractivity contribution in [2.24, 2.45) is 0 Å². The van der Waals surface area contributed by atoms with Gasteiger partial charge in [0.2, 0.25) is 10.0 Å². The van der Waals surface area contributed by atoms with E-state index >= 15 is 0 Å². The van der Waals surface area contributed by atoms with Crippen molar-refractivity contribution in [2.45, 2.75) is 30.7 Å². The number of benzene rings is 1. The molecule has 0 amide bonds. The fourth-order valence-electron chi connectivity index (χ4n) is 1.46. The molecule has 0 unspecified atom stereocenters. The van der Waals surface area contributed by atoms with Gasteiger partial charge in [-0.1, -0.05) is 23.2 Å². The molecule has 0 atom stereocenters. The minimum atomic E-state index is -4.00. The average molecular weight is 330 g/mol. The molecule has 2 N–H and O–H groups in total. The molecular formula is C11H14Cl2FNO3S. The highest BCUT2D eigenvalue weighted by atomic mass is 35.5. The smallest absolute Gasteiger partial charge is 0.242 e. The quantitative estimate of drug-likeness (QED) is 0.816. The molecule has 0 fully saturated rings. The highest BCUT2D eigenvalue weighted by Gasteiger charge is 2.28. The molecule has 8 heteroatoms. The van der Waals surface area contributed by atoms with E-state index in [0.717, 1.165) is 12.1 Å². The van der Waals surface area contributed by atoms with Crippen molar-refractivity contribution in [1.82, 2.24) is 4.72 Å². The summed E-state index contributed by atoms with van der Waals surface area (Å²) in [5, 5.41) is 8.06. The SMILES string of the molecule is CC(C)(CCO)NS(=O)(=O)c1ccc(Cl)c(F)c1Cl. The molecule has 4 nitrogen and oxygen atoms in total. The van der Waals surface area contributed by atoms with Crippen LogP contribution in [0.2, 0.25) is 10.0 Å². The van der Waals surface area contributed by atoms with Gasteiger partial charge < -0.3 is 5.11 Å². The zero-order valence-corrected chi connectivity index (χ0v) is 12.7. The Hall–Kier alpha value is -0.400. The van der Waals surface area contributed by atoms with Crippen LogP contribution in [0.3, 0.4) is 0 Å². The number of aliphatic hydroxyl groups excluding tert-OH is 1. The summed E-state index contributed by atoms with van der Waals surface area (Å²) in [6.45, 7) is 3.01. The van der Waals surface area contributed by atoms with Crippen LogP contribution in [0.4, 0.5) is 4.39 Å². The number of hydrogen-bond donors (Lipinski definition) is 2. The maximum absolute atomic E-state index is 13.5. The Bertz CT molecular complexity index is 576. The molecule has 0 radical (unpaired) electrons. The van der Waals surface area contributed by atoms with Crippen molar-refractivity contribution >= 4 is 33.2 Å². The molecule has 1 aromatic carbocycles. The fraction of sp³-hybridized carbons (Fsp3) is 0.455. The van der Waals surface area contributed by atoms with E-state index in [9.17, 15) is 12.8 Å². The Labute approximate surface area is 121 Å². The van der Waals surface area contributed by atoms with Gasteiger partial charge in [0.25, 0.3) is 0 Å². The highest BCUT2D eigenvalue weighted by molar-refractivity contribution is 7.89. The first-order valence-corrected chi connectivity index (χ1v) is 7.63. The minimum Gasteiger partial charge on any atom is -0.396 e. The molecule has 19 heavy (non-hydrogen) atoms. The summed E-state index contributed by atoms with van der Waals surface area (Å²) in [6.07, 6.45) is 0.208. The van der Waals surface area contributed by atoms with Crippen LogP contribution in [0.5, 0.6) is 0 Å². The van der Waals surface area contributed by atoms with Crippen LogP contribution in [0, 0.1) is 5.82 Å². The zero-order valence-electron chi connectivity index (χ0n) is 10.4. The first-order chi connectivity index (χ1) is 8.60. The molecule has 0 aliphatic heterocycles. The second-order valence-corrected chi connectivity index (χ2v) is 7.07. The number of hydrogen-bond acceptors (Lipinski definition) is 3. The number of sulfonamides is 1. The van der Waals surface area contributed by atoms with E-state index in [1.54, 1.807) is 13.8 Å². The van der Waals surface area contributed by atoms with Gasteiger partial charge in [0, 0.05) is 12.1 Å². The van der Waals surface area contributed by atoms with E-state index in [0.29, 0.717) is 0 Å². The van der Waals surface area contributed by atoms with Gasteiger partial charge in [-0.3, -0.25) is 0 Å². The molecule has 1 aromatic rings. The van der Waals surface area contributed by atoms with Crippen molar-refractivity contribution < 1.29 is 17.9 Å². The lowest BCUT2D eigenvalue weighted by Crippen LogP contribution is -2.44. The lowest BCUT2D eigenvalue weighted by atomic mass is 10.0. The molecular weight excluding hydrogens is 316 g/mol. The fourth-order valence-corrected chi connectivity index (χ4v) is 3.65. The van der Waals surface area contributed by atoms with E-state index in [1.807, 2.05) is 0 Å². The van der Waals surface area contributed by atoms with E-state index in [2.05, 4.69) is 4.72 Å². The van der Waals surface area contributed by atoms with Gasteiger partial charge in [0.15, 0.2) is 5.82 Å². The summed E-state index contributed by atoms with van der Waals surface area (Å²) in [4.78, 5) is -0.387. The molecule has 0 saturated carbocycles. The first kappa shape index (κ1) is 16.7. The summed E-state index contributed by atoms with van der Waals surface area (Å²) in [5.41, 5.74) is -0.882. The molecule has 0 saturated heterocycles. The summed E-state index contributed by atoms with van der Waals surface area (Å²) in [6, 6.07) is 2.25. The summed E-state index contributed by atoms with van der Waals surface area (Å²) in [7, 11) is -4.00. The number of halogens is 3. The predicted molar refractivity (Wildman–Crippen MR) is 72.5 cm³/mol. The maximum Gasteiger partial charge on any atom is 0.242 e. The highest BCUT2D eigenvalue weighted by Crippen LogP contribution is 2.30. The van der Waals surface area contributed by atoms with Crippen LogP contribution in [-0.2, 0) is 10.0 Å². The van der Waals surface area contributed by atoms with Gasteiger partial charge in [-0.25, -0.2) is 17.5 Å². The summed E-state index contributed by atoms with van der Waals surface area (Å²) < 4.78 is 40.1. The van der Waals surface area contributed by atoms with Crippen LogP contribution < -0.4 is 4.72 Å². The van der Waals surface area contributed by atoms with E-state index in [4.69, 9.17) is 28.3 Å². The Morgan fingerprint density at radius 1 is 1.37 bits per heavy atom. The Morgan fingerprint density at radius 2 is 1.95 bits per heavy atom. The van der Waals surface area contributed by atoms with Gasteiger partial charge in [0.1, 0.15) is 4.90 Å². The molecule has 108 valence electrons. The normalized spacial score (nSPS) is 12.7. The van der Waals surface area contributed by atoms with Crippen LogP contribution in [-0.4, -0.2) is 25.7 Å². The van der Waals surface area contributed by atoms with Gasteiger partial charge in [-0.15, -0.1) is 0 Å². The summed E-state index contributed by atoms with van der Waals surface area (Å²) in [5.74, 6) is -0.980. The van der Waals surface area contributed by atoms with Crippen molar-refractivity contribution in [3.05, 3.63) is 28.0 Å². The van der Waals surface area contributed by atoms with Crippen molar-refractivity contribution in [1.29, 1.82) is 0 Å². The van der Waals surface area contributed by atoms with Gasteiger partial charge in [-0.2, -0.15) is 0 Å². The van der Waals surface area contributed by atoms with Crippen LogP contribution >= 0.6 is 23.2 Å². The number of aliphatic hydroxyl groups is 1. The Kier molecular flexibility index (Phi) is 5.20. The molecule has 0 aromatic heterocycles. The molecule has 0 aliphatic carbocycles. The van der Waals surface area contributed by atoms with Crippen molar-refractivity contribution in [3.63, 3.8) is 0 Å². The second kappa shape index (κ2) is 5.93. The average Bonchev–Trinajstić information content (AvgIpc) is 2.23. The topological polar surface area (TPSA) is 66.4 Å². The van der Waals surface area contributed by atoms with E-state index in [1.165, 1.54) is 0 Å².